The Morgan fingerprint density at radius 3 is 2.41 bits per heavy atom. The molecular weight excluding hydrogens is 374 g/mol. The molecule has 5 saturated carbocycles. The molecule has 29 heavy (non-hydrogen) atoms. The number of rotatable bonds is 5. The van der Waals surface area contributed by atoms with Crippen molar-refractivity contribution >= 4 is 11.6 Å². The average Bonchev–Trinajstić information content (AvgIpc) is 3.43. The summed E-state index contributed by atoms with van der Waals surface area (Å²) in [6.07, 6.45) is 8.42. The summed E-state index contributed by atoms with van der Waals surface area (Å²) in [6.45, 7) is 0.677. The summed E-state index contributed by atoms with van der Waals surface area (Å²) in [5.74, 6) is 2.47. The first-order valence-electron chi connectivity index (χ1n) is 10.9. The van der Waals surface area contributed by atoms with Crippen molar-refractivity contribution in [2.45, 2.75) is 63.7 Å². The van der Waals surface area contributed by atoms with Crippen molar-refractivity contribution in [3.05, 3.63) is 29.2 Å². The highest BCUT2D eigenvalue weighted by Crippen LogP contribution is 2.59. The Kier molecular flexibility index (Phi) is 3.81. The molecule has 2 heterocycles. The fourth-order valence-corrected chi connectivity index (χ4v) is 6.78. The Bertz CT molecular complexity index is 945. The van der Waals surface area contributed by atoms with Crippen LogP contribution in [0.15, 0.2) is 12.3 Å². The first-order chi connectivity index (χ1) is 14.0. The zero-order valence-electron chi connectivity index (χ0n) is 16.4. The molecule has 5 fully saturated rings. The highest BCUT2D eigenvalue weighted by molar-refractivity contribution is 5.99. The van der Waals surface area contributed by atoms with Gasteiger partial charge in [0.1, 0.15) is 11.3 Å². The zero-order valence-corrected chi connectivity index (χ0v) is 16.4. The molecular formula is C22H26F2N4O. The van der Waals surface area contributed by atoms with E-state index in [2.05, 4.69) is 15.4 Å². The number of carbonyl (C=O) groups is 1. The van der Waals surface area contributed by atoms with Crippen molar-refractivity contribution in [1.29, 1.82) is 0 Å². The minimum Gasteiger partial charge on any atom is -0.351 e. The van der Waals surface area contributed by atoms with E-state index < -0.39 is 6.43 Å². The highest BCUT2D eigenvalue weighted by Gasteiger charge is 2.50. The molecule has 0 aromatic carbocycles. The van der Waals surface area contributed by atoms with Crippen LogP contribution in [0, 0.1) is 23.2 Å². The van der Waals surface area contributed by atoms with E-state index in [1.54, 1.807) is 0 Å². The lowest BCUT2D eigenvalue weighted by molar-refractivity contribution is -0.0503. The van der Waals surface area contributed by atoms with Gasteiger partial charge >= 0.3 is 0 Å². The van der Waals surface area contributed by atoms with Crippen molar-refractivity contribution in [3.8, 4) is 0 Å². The molecule has 7 heteroatoms. The minimum absolute atomic E-state index is 0.183. The molecule has 0 saturated heterocycles. The van der Waals surface area contributed by atoms with Gasteiger partial charge in [0.2, 0.25) is 0 Å². The van der Waals surface area contributed by atoms with Crippen LogP contribution in [0.1, 0.15) is 85.5 Å². The normalized spacial score (nSPS) is 33.0. The van der Waals surface area contributed by atoms with E-state index >= 15 is 0 Å². The number of nitrogens with zero attached hydrogens (tertiary/aromatic N) is 3. The van der Waals surface area contributed by atoms with Gasteiger partial charge in [-0.15, -0.1) is 0 Å². The van der Waals surface area contributed by atoms with Crippen LogP contribution in [0.4, 0.5) is 8.78 Å². The molecule has 2 aromatic heterocycles. The number of carbonyl (C=O) groups excluding carboxylic acids is 1. The van der Waals surface area contributed by atoms with Gasteiger partial charge in [-0.2, -0.15) is 5.10 Å². The van der Waals surface area contributed by atoms with E-state index in [4.69, 9.17) is 0 Å². The Morgan fingerprint density at radius 1 is 1.17 bits per heavy atom. The minimum atomic E-state index is -2.65. The molecule has 5 aliphatic rings. The van der Waals surface area contributed by atoms with Crippen molar-refractivity contribution in [3.63, 3.8) is 0 Å². The van der Waals surface area contributed by atoms with Crippen LogP contribution < -0.4 is 5.32 Å². The first kappa shape index (κ1) is 17.8. The summed E-state index contributed by atoms with van der Waals surface area (Å²) in [4.78, 5) is 17.5. The molecule has 4 bridgehead atoms. The molecule has 0 spiro atoms. The summed E-state index contributed by atoms with van der Waals surface area (Å²) >= 11 is 0. The monoisotopic (exact) mass is 400 g/mol. The van der Waals surface area contributed by atoms with Gasteiger partial charge in [-0.3, -0.25) is 4.79 Å². The lowest BCUT2D eigenvalue weighted by atomic mass is 9.49. The second-order valence-corrected chi connectivity index (χ2v) is 10.1. The van der Waals surface area contributed by atoms with Crippen LogP contribution in [-0.4, -0.2) is 27.0 Å². The van der Waals surface area contributed by atoms with Crippen LogP contribution in [0.3, 0.4) is 0 Å². The topological polar surface area (TPSA) is 59.3 Å². The molecule has 154 valence electrons. The molecule has 5 aliphatic carbocycles. The number of hydrogen-bond donors (Lipinski definition) is 1. The third-order valence-corrected chi connectivity index (χ3v) is 7.77. The fourth-order valence-electron chi connectivity index (χ4n) is 6.78. The van der Waals surface area contributed by atoms with Crippen molar-refractivity contribution in [2.75, 3.05) is 6.54 Å². The van der Waals surface area contributed by atoms with E-state index in [-0.39, 0.29) is 28.6 Å². The number of hydrogen-bond acceptors (Lipinski definition) is 3. The second kappa shape index (κ2) is 6.22. The Hall–Kier alpha value is -2.05. The third-order valence-electron chi connectivity index (χ3n) is 7.77. The van der Waals surface area contributed by atoms with Crippen molar-refractivity contribution < 1.29 is 13.6 Å². The number of nitrogens with one attached hydrogen (secondary N) is 1. The predicted octanol–water partition coefficient (Wildman–Crippen LogP) is 4.49. The van der Waals surface area contributed by atoms with Gasteiger partial charge in [-0.25, -0.2) is 18.3 Å². The first-order valence-corrected chi connectivity index (χ1v) is 10.9. The van der Waals surface area contributed by atoms with E-state index in [9.17, 15) is 13.6 Å². The van der Waals surface area contributed by atoms with Gasteiger partial charge in [0.15, 0.2) is 5.65 Å². The average molecular weight is 400 g/mol. The number of aromatic nitrogens is 3. The summed E-state index contributed by atoms with van der Waals surface area (Å²) < 4.78 is 28.2. The van der Waals surface area contributed by atoms with Gasteiger partial charge in [0.05, 0.1) is 6.20 Å². The van der Waals surface area contributed by atoms with Gasteiger partial charge in [-0.05, 0) is 80.6 Å². The number of fused-ring (bicyclic) bond motifs is 1. The highest BCUT2D eigenvalue weighted by atomic mass is 19.3. The summed E-state index contributed by atoms with van der Waals surface area (Å²) in [6, 6.07) is 1.44. The molecule has 2 aromatic rings. The van der Waals surface area contributed by atoms with Crippen LogP contribution >= 0.6 is 0 Å². The van der Waals surface area contributed by atoms with Gasteiger partial charge in [-0.1, -0.05) is 0 Å². The predicted molar refractivity (Wildman–Crippen MR) is 103 cm³/mol. The lowest BCUT2D eigenvalue weighted by Crippen LogP contribution is -2.51. The fraction of sp³-hybridized carbons (Fsp3) is 0.682. The maximum Gasteiger partial charge on any atom is 0.280 e. The van der Waals surface area contributed by atoms with Gasteiger partial charge in [0.25, 0.3) is 12.3 Å². The summed E-state index contributed by atoms with van der Waals surface area (Å²) in [5, 5.41) is 7.20. The summed E-state index contributed by atoms with van der Waals surface area (Å²) in [5.41, 5.74) is 1.26. The van der Waals surface area contributed by atoms with Crippen molar-refractivity contribution in [1.82, 2.24) is 19.9 Å². The number of amides is 1. The molecule has 0 aliphatic heterocycles. The Balaban J connectivity index is 1.26. The van der Waals surface area contributed by atoms with Gasteiger partial charge in [0, 0.05) is 18.2 Å². The maximum atomic E-state index is 13.6. The molecule has 0 unspecified atom stereocenters. The molecule has 0 atom stereocenters. The van der Waals surface area contributed by atoms with Gasteiger partial charge < -0.3 is 5.32 Å². The standard InChI is InChI=1S/C22H26F2N4O/c23-19(24)18-6-17(15-1-2-15)27-20-16(10-26-28(18)20)21(29)25-11-22-7-12-3-13(8-22)5-14(4-12)9-22/h6,10,12-15,19H,1-5,7-9,11H2,(H,25,29). The van der Waals surface area contributed by atoms with Crippen LogP contribution in [0.5, 0.6) is 0 Å². The Labute approximate surface area is 168 Å². The molecule has 1 N–H and O–H groups in total. The van der Waals surface area contributed by atoms with Crippen LogP contribution in [-0.2, 0) is 0 Å². The van der Waals surface area contributed by atoms with E-state index in [1.807, 2.05) is 0 Å². The molecule has 1 amide bonds. The van der Waals surface area contributed by atoms with E-state index in [0.717, 1.165) is 35.1 Å². The SMILES string of the molecule is O=C(NCC12CC3CC(CC(C3)C1)C2)c1cnn2c(C(F)F)cc(C3CC3)nc12. The summed E-state index contributed by atoms with van der Waals surface area (Å²) in [7, 11) is 0. The quantitative estimate of drug-likeness (QED) is 0.804. The molecule has 5 nitrogen and oxygen atoms in total. The molecule has 7 rings (SSSR count). The smallest absolute Gasteiger partial charge is 0.280 e. The van der Waals surface area contributed by atoms with Crippen molar-refractivity contribution in [2.24, 2.45) is 23.2 Å². The lowest BCUT2D eigenvalue weighted by Gasteiger charge is -2.56. The van der Waals surface area contributed by atoms with E-state index in [0.29, 0.717) is 17.8 Å². The zero-order chi connectivity index (χ0) is 19.8. The second-order valence-electron chi connectivity index (χ2n) is 10.1. The third kappa shape index (κ3) is 2.96. The van der Waals surface area contributed by atoms with Crippen LogP contribution in [0.2, 0.25) is 0 Å². The Morgan fingerprint density at radius 2 is 1.83 bits per heavy atom. The number of alkyl halides is 2. The van der Waals surface area contributed by atoms with Crippen LogP contribution in [0.25, 0.3) is 5.65 Å². The van der Waals surface area contributed by atoms with E-state index in [1.165, 1.54) is 50.8 Å². The maximum absolute atomic E-state index is 13.6. The number of halogens is 2. The largest absolute Gasteiger partial charge is 0.351 e. The molecule has 0 radical (unpaired) electrons.